The van der Waals surface area contributed by atoms with E-state index in [9.17, 15) is 9.59 Å². The molecular weight excluding hydrogens is 349 g/mol. The summed E-state index contributed by atoms with van der Waals surface area (Å²) >= 11 is 11.8. The van der Waals surface area contributed by atoms with Gasteiger partial charge in [-0.05, 0) is 33.0 Å². The maximum Gasteiger partial charge on any atom is 0.253 e. The van der Waals surface area contributed by atoms with Gasteiger partial charge in [0.1, 0.15) is 6.04 Å². The van der Waals surface area contributed by atoms with Crippen LogP contribution >= 0.6 is 35.6 Å². The molecule has 0 radical (unpaired) electrons. The molecule has 0 spiro atoms. The van der Waals surface area contributed by atoms with Gasteiger partial charge in [0.25, 0.3) is 5.91 Å². The molecule has 0 aliphatic carbocycles. The minimum atomic E-state index is -0.670. The Bertz CT molecular complexity index is 526. The molecular formula is C14H20Cl3N3O2. The summed E-state index contributed by atoms with van der Waals surface area (Å²) in [5.41, 5.74) is 0.243. The van der Waals surface area contributed by atoms with Crippen LogP contribution in [0, 0.1) is 0 Å². The van der Waals surface area contributed by atoms with Crippen molar-refractivity contribution in [2.24, 2.45) is 0 Å². The molecule has 2 amide bonds. The van der Waals surface area contributed by atoms with Crippen LogP contribution in [0.1, 0.15) is 24.2 Å². The molecule has 0 fully saturated rings. The summed E-state index contributed by atoms with van der Waals surface area (Å²) in [7, 11) is 1.81. The highest BCUT2D eigenvalue weighted by Crippen LogP contribution is 2.25. The number of amides is 2. The first-order valence-corrected chi connectivity index (χ1v) is 7.32. The summed E-state index contributed by atoms with van der Waals surface area (Å²) in [4.78, 5) is 23.9. The number of hydrogen-bond donors (Lipinski definition) is 3. The Kier molecular flexibility index (Phi) is 9.44. The lowest BCUT2D eigenvalue weighted by Crippen LogP contribution is -2.47. The molecule has 0 bridgehead atoms. The zero-order valence-electron chi connectivity index (χ0n) is 12.6. The van der Waals surface area contributed by atoms with Gasteiger partial charge in [-0.2, -0.15) is 0 Å². The molecule has 22 heavy (non-hydrogen) atoms. The SMILES string of the molecule is CNC(C)CNC(=O)C(C)NC(=O)c1cccc(Cl)c1Cl.Cl. The summed E-state index contributed by atoms with van der Waals surface area (Å²) < 4.78 is 0. The van der Waals surface area contributed by atoms with Crippen molar-refractivity contribution in [3.8, 4) is 0 Å². The lowest BCUT2D eigenvalue weighted by atomic mass is 10.2. The third kappa shape index (κ3) is 6.01. The van der Waals surface area contributed by atoms with E-state index in [-0.39, 0.29) is 34.9 Å². The van der Waals surface area contributed by atoms with Crippen LogP contribution in [0.4, 0.5) is 0 Å². The van der Waals surface area contributed by atoms with Crippen LogP contribution in [0.15, 0.2) is 18.2 Å². The normalized spacial score (nSPS) is 12.8. The monoisotopic (exact) mass is 367 g/mol. The third-order valence-corrected chi connectivity index (χ3v) is 3.83. The van der Waals surface area contributed by atoms with Gasteiger partial charge in [0.2, 0.25) is 5.91 Å². The summed E-state index contributed by atoms with van der Waals surface area (Å²) in [6.45, 7) is 4.03. The van der Waals surface area contributed by atoms with Crippen molar-refractivity contribution in [2.75, 3.05) is 13.6 Å². The molecule has 0 aliphatic heterocycles. The van der Waals surface area contributed by atoms with Crippen LogP contribution in [0.5, 0.6) is 0 Å². The Balaban J connectivity index is 0.00000441. The van der Waals surface area contributed by atoms with Gasteiger partial charge in [-0.3, -0.25) is 9.59 Å². The molecule has 8 heteroatoms. The number of benzene rings is 1. The van der Waals surface area contributed by atoms with Crippen molar-refractivity contribution >= 4 is 47.4 Å². The van der Waals surface area contributed by atoms with E-state index in [1.807, 2.05) is 14.0 Å². The van der Waals surface area contributed by atoms with Crippen molar-refractivity contribution in [3.05, 3.63) is 33.8 Å². The molecule has 2 atom stereocenters. The number of halogens is 3. The van der Waals surface area contributed by atoms with E-state index in [0.717, 1.165) is 0 Å². The van der Waals surface area contributed by atoms with Gasteiger partial charge in [0.15, 0.2) is 0 Å². The number of hydrogen-bond acceptors (Lipinski definition) is 3. The Morgan fingerprint density at radius 1 is 1.23 bits per heavy atom. The van der Waals surface area contributed by atoms with Crippen LogP contribution in [-0.2, 0) is 4.79 Å². The zero-order valence-corrected chi connectivity index (χ0v) is 14.9. The quantitative estimate of drug-likeness (QED) is 0.721. The predicted octanol–water partition coefficient (Wildman–Crippen LogP) is 2.26. The molecule has 1 aromatic rings. The highest BCUT2D eigenvalue weighted by atomic mass is 35.5. The minimum absolute atomic E-state index is 0. The first-order chi connectivity index (χ1) is 9.86. The van der Waals surface area contributed by atoms with Gasteiger partial charge in [0.05, 0.1) is 15.6 Å². The van der Waals surface area contributed by atoms with E-state index < -0.39 is 11.9 Å². The largest absolute Gasteiger partial charge is 0.353 e. The zero-order chi connectivity index (χ0) is 16.0. The standard InChI is InChI=1S/C14H19Cl2N3O2.ClH/c1-8(17-3)7-18-13(20)9(2)19-14(21)10-5-4-6-11(15)12(10)16;/h4-6,8-9,17H,7H2,1-3H3,(H,18,20)(H,19,21);1H. The summed E-state index contributed by atoms with van der Waals surface area (Å²) in [5, 5.41) is 8.81. The van der Waals surface area contributed by atoms with Crippen molar-refractivity contribution in [1.29, 1.82) is 0 Å². The fourth-order valence-electron chi connectivity index (χ4n) is 1.53. The average Bonchev–Trinajstić information content (AvgIpc) is 2.46. The van der Waals surface area contributed by atoms with E-state index in [0.29, 0.717) is 11.6 Å². The van der Waals surface area contributed by atoms with E-state index in [2.05, 4.69) is 16.0 Å². The Hall–Kier alpha value is -1.01. The number of carbonyl (C=O) groups excluding carboxylic acids is 2. The second-order valence-electron chi connectivity index (χ2n) is 4.73. The molecule has 0 saturated heterocycles. The van der Waals surface area contributed by atoms with Crippen LogP contribution in [0.3, 0.4) is 0 Å². The van der Waals surface area contributed by atoms with E-state index in [4.69, 9.17) is 23.2 Å². The summed E-state index contributed by atoms with van der Waals surface area (Å²) in [5.74, 6) is -0.699. The molecule has 124 valence electrons. The summed E-state index contributed by atoms with van der Waals surface area (Å²) in [6, 6.07) is 4.26. The van der Waals surface area contributed by atoms with Gasteiger partial charge in [-0.25, -0.2) is 0 Å². The maximum absolute atomic E-state index is 12.1. The molecule has 0 heterocycles. The number of likely N-dealkylation sites (N-methyl/N-ethyl adjacent to an activating group) is 1. The first kappa shape index (κ1) is 21.0. The molecule has 1 rings (SSSR count). The highest BCUT2D eigenvalue weighted by Gasteiger charge is 2.19. The Morgan fingerprint density at radius 3 is 2.45 bits per heavy atom. The fraction of sp³-hybridized carbons (Fsp3) is 0.429. The van der Waals surface area contributed by atoms with Crippen LogP contribution in [-0.4, -0.2) is 37.5 Å². The van der Waals surface area contributed by atoms with Gasteiger partial charge >= 0.3 is 0 Å². The molecule has 1 aromatic carbocycles. The summed E-state index contributed by atoms with van der Waals surface area (Å²) in [6.07, 6.45) is 0. The van der Waals surface area contributed by atoms with Gasteiger partial charge in [-0.15, -0.1) is 12.4 Å². The number of carbonyl (C=O) groups is 2. The van der Waals surface area contributed by atoms with Crippen LogP contribution in [0.25, 0.3) is 0 Å². The molecule has 5 nitrogen and oxygen atoms in total. The molecule has 0 aliphatic rings. The lowest BCUT2D eigenvalue weighted by molar-refractivity contribution is -0.122. The Morgan fingerprint density at radius 2 is 1.86 bits per heavy atom. The minimum Gasteiger partial charge on any atom is -0.353 e. The van der Waals surface area contributed by atoms with Crippen LogP contribution < -0.4 is 16.0 Å². The van der Waals surface area contributed by atoms with Gasteiger partial charge in [0, 0.05) is 12.6 Å². The Labute approximate surface area is 146 Å². The van der Waals surface area contributed by atoms with E-state index >= 15 is 0 Å². The van der Waals surface area contributed by atoms with E-state index in [1.165, 1.54) is 0 Å². The molecule has 2 unspecified atom stereocenters. The molecule has 0 saturated carbocycles. The van der Waals surface area contributed by atoms with Crippen molar-refractivity contribution < 1.29 is 9.59 Å². The second kappa shape index (κ2) is 9.90. The third-order valence-electron chi connectivity index (χ3n) is 3.01. The second-order valence-corrected chi connectivity index (χ2v) is 5.52. The first-order valence-electron chi connectivity index (χ1n) is 6.56. The number of nitrogens with one attached hydrogen (secondary N) is 3. The fourth-order valence-corrected chi connectivity index (χ4v) is 1.91. The molecule has 3 N–H and O–H groups in total. The predicted molar refractivity (Wildman–Crippen MR) is 92.2 cm³/mol. The van der Waals surface area contributed by atoms with Gasteiger partial charge in [-0.1, -0.05) is 29.3 Å². The highest BCUT2D eigenvalue weighted by molar-refractivity contribution is 6.43. The smallest absolute Gasteiger partial charge is 0.253 e. The van der Waals surface area contributed by atoms with Crippen molar-refractivity contribution in [1.82, 2.24) is 16.0 Å². The lowest BCUT2D eigenvalue weighted by Gasteiger charge is -2.17. The topological polar surface area (TPSA) is 70.2 Å². The number of rotatable bonds is 6. The van der Waals surface area contributed by atoms with Crippen LogP contribution in [0.2, 0.25) is 10.0 Å². The van der Waals surface area contributed by atoms with Gasteiger partial charge < -0.3 is 16.0 Å². The van der Waals surface area contributed by atoms with Crippen molar-refractivity contribution in [3.63, 3.8) is 0 Å². The molecule has 0 aromatic heterocycles. The van der Waals surface area contributed by atoms with E-state index in [1.54, 1.807) is 25.1 Å². The average molecular weight is 369 g/mol. The van der Waals surface area contributed by atoms with Crippen molar-refractivity contribution in [2.45, 2.75) is 25.9 Å². The maximum atomic E-state index is 12.1.